The minimum atomic E-state index is 0.415. The van der Waals surface area contributed by atoms with Crippen LogP contribution in [0.3, 0.4) is 0 Å². The molecule has 13 heavy (non-hydrogen) atoms. The molecule has 0 saturated carbocycles. The molecule has 0 aliphatic carbocycles. The normalized spacial score (nSPS) is 10.5. The van der Waals surface area contributed by atoms with E-state index in [1.807, 2.05) is 35.7 Å². The molecule has 0 atom stereocenters. The molecule has 3 heteroatoms. The van der Waals surface area contributed by atoms with Gasteiger partial charge < -0.3 is 4.79 Å². The molecule has 2 aromatic rings. The number of hydrogen-bond acceptors (Lipinski definition) is 2. The number of nitrogens with zero attached hydrogens (tertiary/aromatic N) is 2. The van der Waals surface area contributed by atoms with Gasteiger partial charge in [-0.3, -0.25) is 0 Å². The number of aldehydes is 1. The summed E-state index contributed by atoms with van der Waals surface area (Å²) in [5.74, 6) is 0. The van der Waals surface area contributed by atoms with E-state index in [1.54, 1.807) is 0 Å². The van der Waals surface area contributed by atoms with Gasteiger partial charge in [0, 0.05) is 12.1 Å². The van der Waals surface area contributed by atoms with Gasteiger partial charge in [0.2, 0.25) is 0 Å². The zero-order valence-corrected chi connectivity index (χ0v) is 7.40. The number of aryl methyl sites for hydroxylation is 1. The van der Waals surface area contributed by atoms with E-state index < -0.39 is 0 Å². The summed E-state index contributed by atoms with van der Waals surface area (Å²) in [6.45, 7) is 1.94. The van der Waals surface area contributed by atoms with Crippen molar-refractivity contribution in [2.45, 2.75) is 13.3 Å². The van der Waals surface area contributed by atoms with E-state index in [4.69, 9.17) is 0 Å². The molecule has 0 aliphatic rings. The molecule has 3 nitrogen and oxygen atoms in total. The predicted octanol–water partition coefficient (Wildman–Crippen LogP) is 1.38. The van der Waals surface area contributed by atoms with Gasteiger partial charge in [-0.05, 0) is 25.1 Å². The summed E-state index contributed by atoms with van der Waals surface area (Å²) < 4.78 is 1.81. The van der Waals surface area contributed by atoms with Crippen molar-refractivity contribution < 1.29 is 4.79 Å². The number of rotatable bonds is 2. The van der Waals surface area contributed by atoms with Crippen LogP contribution in [0.15, 0.2) is 24.3 Å². The highest BCUT2D eigenvalue weighted by Gasteiger charge is 2.01. The van der Waals surface area contributed by atoms with Gasteiger partial charge in [0.05, 0.1) is 11.2 Å². The first-order valence-corrected chi connectivity index (χ1v) is 4.19. The maximum Gasteiger partial charge on any atom is 0.125 e. The Balaban J connectivity index is 2.67. The lowest BCUT2D eigenvalue weighted by atomic mass is 10.3. The first-order chi connectivity index (χ1) is 6.31. The van der Waals surface area contributed by atoms with Crippen LogP contribution in [0.1, 0.15) is 11.4 Å². The summed E-state index contributed by atoms with van der Waals surface area (Å²) >= 11 is 0. The van der Waals surface area contributed by atoms with Crippen molar-refractivity contribution in [1.29, 1.82) is 0 Å². The first kappa shape index (κ1) is 7.98. The Morgan fingerprint density at radius 3 is 3.15 bits per heavy atom. The van der Waals surface area contributed by atoms with Crippen LogP contribution >= 0.6 is 0 Å². The SMILES string of the molecule is Cc1cc2cccc(CC=O)n2n1. The molecule has 0 aliphatic heterocycles. The summed E-state index contributed by atoms with van der Waals surface area (Å²) in [6.07, 6.45) is 1.31. The molecule has 0 bridgehead atoms. The van der Waals surface area contributed by atoms with Gasteiger partial charge in [-0.2, -0.15) is 5.10 Å². The molecule has 0 fully saturated rings. The Morgan fingerprint density at radius 2 is 2.38 bits per heavy atom. The average Bonchev–Trinajstić information content (AvgIpc) is 2.47. The minimum absolute atomic E-state index is 0.415. The topological polar surface area (TPSA) is 34.4 Å². The van der Waals surface area contributed by atoms with Crippen molar-refractivity contribution >= 4 is 11.8 Å². The Kier molecular flexibility index (Phi) is 1.85. The molecule has 0 aromatic carbocycles. The highest BCUT2D eigenvalue weighted by molar-refractivity contribution is 5.56. The Bertz CT molecular complexity index is 445. The average molecular weight is 174 g/mol. The van der Waals surface area contributed by atoms with Crippen LogP contribution < -0.4 is 0 Å². The van der Waals surface area contributed by atoms with E-state index in [0.717, 1.165) is 23.2 Å². The minimum Gasteiger partial charge on any atom is -0.303 e. The van der Waals surface area contributed by atoms with E-state index in [9.17, 15) is 4.79 Å². The fourth-order valence-electron chi connectivity index (χ4n) is 1.44. The largest absolute Gasteiger partial charge is 0.303 e. The molecular weight excluding hydrogens is 164 g/mol. The van der Waals surface area contributed by atoms with E-state index in [2.05, 4.69) is 5.10 Å². The first-order valence-electron chi connectivity index (χ1n) is 4.19. The van der Waals surface area contributed by atoms with Crippen LogP contribution in [-0.4, -0.2) is 15.9 Å². The van der Waals surface area contributed by atoms with Gasteiger partial charge in [-0.25, -0.2) is 4.52 Å². The smallest absolute Gasteiger partial charge is 0.125 e. The lowest BCUT2D eigenvalue weighted by molar-refractivity contribution is -0.107. The van der Waals surface area contributed by atoms with Gasteiger partial charge in [0.15, 0.2) is 0 Å². The summed E-state index contributed by atoms with van der Waals surface area (Å²) in [5, 5.41) is 4.29. The Morgan fingerprint density at radius 1 is 1.54 bits per heavy atom. The van der Waals surface area contributed by atoms with Gasteiger partial charge in [-0.1, -0.05) is 6.07 Å². The fraction of sp³-hybridized carbons (Fsp3) is 0.200. The second-order valence-electron chi connectivity index (χ2n) is 3.01. The van der Waals surface area contributed by atoms with E-state index in [0.29, 0.717) is 6.42 Å². The standard InChI is InChI=1S/C10H10N2O/c1-8-7-10-4-2-3-9(5-6-13)12(10)11-8/h2-4,6-7H,5H2,1H3. The monoisotopic (exact) mass is 174 g/mol. The highest BCUT2D eigenvalue weighted by Crippen LogP contribution is 2.08. The molecule has 2 rings (SSSR count). The van der Waals surface area contributed by atoms with Crippen LogP contribution in [0.25, 0.3) is 5.52 Å². The van der Waals surface area contributed by atoms with Crippen LogP contribution in [0, 0.1) is 6.92 Å². The summed E-state index contributed by atoms with van der Waals surface area (Å²) in [6, 6.07) is 7.83. The zero-order valence-electron chi connectivity index (χ0n) is 7.40. The number of fused-ring (bicyclic) bond motifs is 1. The molecule has 0 unspecified atom stereocenters. The van der Waals surface area contributed by atoms with Crippen molar-refractivity contribution in [1.82, 2.24) is 9.61 Å². The number of pyridine rings is 1. The van der Waals surface area contributed by atoms with Crippen LogP contribution in [0.5, 0.6) is 0 Å². The third-order valence-corrected chi connectivity index (χ3v) is 1.98. The van der Waals surface area contributed by atoms with Crippen molar-refractivity contribution in [3.63, 3.8) is 0 Å². The maximum absolute atomic E-state index is 10.4. The molecule has 66 valence electrons. The molecule has 2 heterocycles. The summed E-state index contributed by atoms with van der Waals surface area (Å²) in [7, 11) is 0. The zero-order chi connectivity index (χ0) is 9.26. The van der Waals surface area contributed by atoms with Crippen LogP contribution in [0.2, 0.25) is 0 Å². The van der Waals surface area contributed by atoms with E-state index >= 15 is 0 Å². The summed E-state index contributed by atoms with van der Waals surface area (Å²) in [4.78, 5) is 10.4. The third-order valence-electron chi connectivity index (χ3n) is 1.98. The quantitative estimate of drug-likeness (QED) is 0.645. The number of aromatic nitrogens is 2. The summed E-state index contributed by atoms with van der Waals surface area (Å²) in [5.41, 5.74) is 2.94. The lowest BCUT2D eigenvalue weighted by Gasteiger charge is -1.98. The fourth-order valence-corrected chi connectivity index (χ4v) is 1.44. The molecule has 0 spiro atoms. The molecule has 0 saturated heterocycles. The number of carbonyl (C=O) groups is 1. The molecule has 0 amide bonds. The number of carbonyl (C=O) groups excluding carboxylic acids is 1. The third kappa shape index (κ3) is 1.33. The Hall–Kier alpha value is -1.64. The van der Waals surface area contributed by atoms with Gasteiger partial charge in [-0.15, -0.1) is 0 Å². The Labute approximate surface area is 76.0 Å². The van der Waals surface area contributed by atoms with Crippen molar-refractivity contribution in [2.75, 3.05) is 0 Å². The van der Waals surface area contributed by atoms with E-state index in [-0.39, 0.29) is 0 Å². The molecule has 0 N–H and O–H groups in total. The second-order valence-corrected chi connectivity index (χ2v) is 3.01. The number of hydrogen-bond donors (Lipinski definition) is 0. The lowest BCUT2D eigenvalue weighted by Crippen LogP contribution is -1.98. The van der Waals surface area contributed by atoms with E-state index in [1.165, 1.54) is 0 Å². The highest BCUT2D eigenvalue weighted by atomic mass is 16.1. The van der Waals surface area contributed by atoms with Crippen molar-refractivity contribution in [2.24, 2.45) is 0 Å². The van der Waals surface area contributed by atoms with Crippen molar-refractivity contribution in [3.8, 4) is 0 Å². The molecule has 0 radical (unpaired) electrons. The molecular formula is C10H10N2O. The van der Waals surface area contributed by atoms with Gasteiger partial charge in [0.25, 0.3) is 0 Å². The van der Waals surface area contributed by atoms with Crippen molar-refractivity contribution in [3.05, 3.63) is 35.7 Å². The van der Waals surface area contributed by atoms with Gasteiger partial charge in [0.1, 0.15) is 6.29 Å². The second kappa shape index (κ2) is 3.01. The maximum atomic E-state index is 10.4. The molecule has 2 aromatic heterocycles. The van der Waals surface area contributed by atoms with Crippen LogP contribution in [-0.2, 0) is 11.2 Å². The van der Waals surface area contributed by atoms with Gasteiger partial charge >= 0.3 is 0 Å². The van der Waals surface area contributed by atoms with Crippen LogP contribution in [0.4, 0.5) is 0 Å². The predicted molar refractivity (Wildman–Crippen MR) is 49.7 cm³/mol.